The summed E-state index contributed by atoms with van der Waals surface area (Å²) >= 11 is 0. The van der Waals surface area contributed by atoms with Crippen LogP contribution in [0.3, 0.4) is 0 Å². The van der Waals surface area contributed by atoms with E-state index in [4.69, 9.17) is 0 Å². The van der Waals surface area contributed by atoms with Gasteiger partial charge < -0.3 is 10.6 Å². The molecule has 0 bridgehead atoms. The van der Waals surface area contributed by atoms with Gasteiger partial charge in [-0.3, -0.25) is 24.3 Å². The van der Waals surface area contributed by atoms with Crippen LogP contribution in [-0.4, -0.2) is 15.4 Å². The lowest BCUT2D eigenvalue weighted by molar-refractivity contribution is -0.386. The van der Waals surface area contributed by atoms with Crippen molar-refractivity contribution in [3.63, 3.8) is 0 Å². The highest BCUT2D eigenvalue weighted by Crippen LogP contribution is 2.19. The van der Waals surface area contributed by atoms with Crippen molar-refractivity contribution in [1.29, 1.82) is 0 Å². The zero-order chi connectivity index (χ0) is 20.1. The summed E-state index contributed by atoms with van der Waals surface area (Å²) in [5.41, 5.74) is 1.81. The lowest BCUT2D eigenvalue weighted by atomic mass is 10.2. The SMILES string of the molecule is Cc1c([N+](=O)[O-])ccc(=O)n1CC(=O)Nc1ccc(Nc2ccccc2)cc1. The molecule has 8 heteroatoms. The van der Waals surface area contributed by atoms with Crippen LogP contribution in [0.25, 0.3) is 0 Å². The first kappa shape index (κ1) is 18.8. The van der Waals surface area contributed by atoms with Gasteiger partial charge in [-0.05, 0) is 43.3 Å². The molecule has 3 rings (SSSR count). The average Bonchev–Trinajstić information content (AvgIpc) is 2.67. The third-order valence-corrected chi connectivity index (χ3v) is 4.15. The van der Waals surface area contributed by atoms with Crippen molar-refractivity contribution in [1.82, 2.24) is 4.57 Å². The lowest BCUT2D eigenvalue weighted by Gasteiger charge is -2.11. The van der Waals surface area contributed by atoms with Gasteiger partial charge in [-0.15, -0.1) is 0 Å². The molecule has 1 aromatic heterocycles. The van der Waals surface area contributed by atoms with Gasteiger partial charge in [0.25, 0.3) is 11.2 Å². The molecular formula is C20H18N4O4. The number of para-hydroxylation sites is 1. The number of hydrogen-bond acceptors (Lipinski definition) is 5. The lowest BCUT2D eigenvalue weighted by Crippen LogP contribution is -2.29. The van der Waals surface area contributed by atoms with Gasteiger partial charge in [0, 0.05) is 29.2 Å². The van der Waals surface area contributed by atoms with E-state index in [0.29, 0.717) is 5.69 Å². The summed E-state index contributed by atoms with van der Waals surface area (Å²) < 4.78 is 1.08. The van der Waals surface area contributed by atoms with Crippen molar-refractivity contribution in [2.45, 2.75) is 13.5 Å². The van der Waals surface area contributed by atoms with E-state index in [-0.39, 0.29) is 17.9 Å². The number of amides is 1. The molecule has 0 aliphatic carbocycles. The maximum absolute atomic E-state index is 12.3. The van der Waals surface area contributed by atoms with Crippen molar-refractivity contribution in [2.24, 2.45) is 0 Å². The summed E-state index contributed by atoms with van der Waals surface area (Å²) in [5.74, 6) is -0.450. The van der Waals surface area contributed by atoms with Crippen molar-refractivity contribution < 1.29 is 9.72 Å². The normalized spacial score (nSPS) is 10.3. The molecule has 0 unspecified atom stereocenters. The second kappa shape index (κ2) is 8.17. The number of nitrogens with zero attached hydrogens (tertiary/aromatic N) is 2. The number of nitro groups is 1. The number of pyridine rings is 1. The van der Waals surface area contributed by atoms with Gasteiger partial charge in [0.15, 0.2) is 0 Å². The molecule has 2 N–H and O–H groups in total. The Balaban J connectivity index is 1.68. The summed E-state index contributed by atoms with van der Waals surface area (Å²) in [6.07, 6.45) is 0. The Bertz CT molecular complexity index is 1060. The fraction of sp³-hybridized carbons (Fsp3) is 0.100. The second-order valence-corrected chi connectivity index (χ2v) is 6.10. The molecule has 0 saturated carbocycles. The summed E-state index contributed by atoms with van der Waals surface area (Å²) in [5, 5.41) is 16.9. The largest absolute Gasteiger partial charge is 0.356 e. The van der Waals surface area contributed by atoms with Crippen molar-refractivity contribution in [2.75, 3.05) is 10.6 Å². The first-order valence-corrected chi connectivity index (χ1v) is 8.51. The quantitative estimate of drug-likeness (QED) is 0.505. The van der Waals surface area contributed by atoms with Gasteiger partial charge in [-0.1, -0.05) is 18.2 Å². The fourth-order valence-electron chi connectivity index (χ4n) is 2.72. The number of carbonyl (C=O) groups is 1. The van der Waals surface area contributed by atoms with Crippen molar-refractivity contribution in [3.8, 4) is 0 Å². The molecule has 0 atom stereocenters. The Morgan fingerprint density at radius 2 is 1.57 bits per heavy atom. The number of hydrogen-bond donors (Lipinski definition) is 2. The summed E-state index contributed by atoms with van der Waals surface area (Å²) in [7, 11) is 0. The second-order valence-electron chi connectivity index (χ2n) is 6.10. The van der Waals surface area contributed by atoms with Crippen LogP contribution in [0.5, 0.6) is 0 Å². The Morgan fingerprint density at radius 1 is 0.964 bits per heavy atom. The first-order chi connectivity index (χ1) is 13.4. The zero-order valence-corrected chi connectivity index (χ0v) is 15.1. The summed E-state index contributed by atoms with van der Waals surface area (Å²) in [6.45, 7) is 1.13. The third kappa shape index (κ3) is 4.42. The van der Waals surface area contributed by atoms with Gasteiger partial charge in [-0.25, -0.2) is 0 Å². The van der Waals surface area contributed by atoms with E-state index < -0.39 is 16.4 Å². The van der Waals surface area contributed by atoms with E-state index in [9.17, 15) is 19.7 Å². The van der Waals surface area contributed by atoms with Crippen LogP contribution in [0.15, 0.2) is 71.5 Å². The topological polar surface area (TPSA) is 106 Å². The number of anilines is 3. The van der Waals surface area contributed by atoms with Gasteiger partial charge >= 0.3 is 0 Å². The standard InChI is InChI=1S/C20H18N4O4/c1-14-18(24(27)28)11-12-20(26)23(14)13-19(25)22-17-9-7-16(8-10-17)21-15-5-3-2-4-6-15/h2-12,21H,13H2,1H3,(H,22,25). The Labute approximate surface area is 160 Å². The van der Waals surface area contributed by atoms with Crippen LogP contribution in [0.4, 0.5) is 22.7 Å². The van der Waals surface area contributed by atoms with Gasteiger partial charge in [0.1, 0.15) is 6.54 Å². The molecule has 1 amide bonds. The fourth-order valence-corrected chi connectivity index (χ4v) is 2.72. The zero-order valence-electron chi connectivity index (χ0n) is 15.1. The van der Waals surface area contributed by atoms with Crippen LogP contribution in [0, 0.1) is 17.0 Å². The van der Waals surface area contributed by atoms with E-state index >= 15 is 0 Å². The molecule has 3 aromatic rings. The highest BCUT2D eigenvalue weighted by Gasteiger charge is 2.16. The maximum Gasteiger partial charge on any atom is 0.288 e. The van der Waals surface area contributed by atoms with E-state index in [0.717, 1.165) is 28.1 Å². The maximum atomic E-state index is 12.3. The molecule has 8 nitrogen and oxygen atoms in total. The first-order valence-electron chi connectivity index (χ1n) is 8.51. The number of rotatable bonds is 6. The smallest absolute Gasteiger partial charge is 0.288 e. The van der Waals surface area contributed by atoms with Crippen molar-refractivity contribution >= 4 is 28.7 Å². The predicted octanol–water partition coefficient (Wildman–Crippen LogP) is 3.45. The van der Waals surface area contributed by atoms with E-state index in [1.165, 1.54) is 6.92 Å². The van der Waals surface area contributed by atoms with Gasteiger partial charge in [0.05, 0.1) is 10.6 Å². The molecule has 28 heavy (non-hydrogen) atoms. The van der Waals surface area contributed by atoms with Gasteiger partial charge in [0.2, 0.25) is 5.91 Å². The minimum atomic E-state index is -0.582. The minimum Gasteiger partial charge on any atom is -0.356 e. The van der Waals surface area contributed by atoms with Crippen LogP contribution < -0.4 is 16.2 Å². The minimum absolute atomic E-state index is 0.134. The number of carbonyl (C=O) groups excluding carboxylic acids is 1. The number of benzene rings is 2. The van der Waals surface area contributed by atoms with Crippen LogP contribution >= 0.6 is 0 Å². The van der Waals surface area contributed by atoms with Crippen LogP contribution in [0.1, 0.15) is 5.69 Å². The molecule has 0 spiro atoms. The molecule has 0 fully saturated rings. The van der Waals surface area contributed by atoms with E-state index in [1.807, 2.05) is 42.5 Å². The van der Waals surface area contributed by atoms with Crippen molar-refractivity contribution in [3.05, 3.63) is 92.9 Å². The molecule has 0 radical (unpaired) electrons. The molecule has 0 aliphatic rings. The van der Waals surface area contributed by atoms with Crippen LogP contribution in [0.2, 0.25) is 0 Å². The monoisotopic (exact) mass is 378 g/mol. The van der Waals surface area contributed by atoms with Crippen LogP contribution in [-0.2, 0) is 11.3 Å². The summed E-state index contributed by atoms with van der Waals surface area (Å²) in [4.78, 5) is 34.7. The molecule has 2 aromatic carbocycles. The number of nitrogens with one attached hydrogen (secondary N) is 2. The predicted molar refractivity (Wildman–Crippen MR) is 107 cm³/mol. The van der Waals surface area contributed by atoms with Gasteiger partial charge in [-0.2, -0.15) is 0 Å². The third-order valence-electron chi connectivity index (χ3n) is 4.15. The molecule has 0 aliphatic heterocycles. The Morgan fingerprint density at radius 3 is 2.21 bits per heavy atom. The number of aromatic nitrogens is 1. The molecule has 1 heterocycles. The molecular weight excluding hydrogens is 360 g/mol. The average molecular weight is 378 g/mol. The van der Waals surface area contributed by atoms with E-state index in [2.05, 4.69) is 10.6 Å². The van der Waals surface area contributed by atoms with E-state index in [1.54, 1.807) is 12.1 Å². The highest BCUT2D eigenvalue weighted by atomic mass is 16.6. The molecule has 142 valence electrons. The Kier molecular flexibility index (Phi) is 5.50. The highest BCUT2D eigenvalue weighted by molar-refractivity contribution is 5.90. The molecule has 0 saturated heterocycles. The Hall–Kier alpha value is -3.94. The summed E-state index contributed by atoms with van der Waals surface area (Å²) in [6, 6.07) is 19.0.